The number of methoxy groups -OCH3 is 1. The van der Waals surface area contributed by atoms with Gasteiger partial charge in [-0.2, -0.15) is 0 Å². The Morgan fingerprint density at radius 2 is 2.24 bits per heavy atom. The fourth-order valence-corrected chi connectivity index (χ4v) is 1.95. The van der Waals surface area contributed by atoms with E-state index in [1.807, 2.05) is 6.92 Å². The maximum absolute atomic E-state index is 12.1. The van der Waals surface area contributed by atoms with Crippen LogP contribution < -0.4 is 5.32 Å². The number of aryl methyl sites for hydroxylation is 1. The molecule has 7 nitrogen and oxygen atoms in total. The Balaban J connectivity index is 2.13. The van der Waals surface area contributed by atoms with Crippen LogP contribution in [0.5, 0.6) is 0 Å². The van der Waals surface area contributed by atoms with Crippen LogP contribution >= 0.6 is 0 Å². The van der Waals surface area contributed by atoms with Gasteiger partial charge in [-0.1, -0.05) is 12.1 Å². The fourth-order valence-electron chi connectivity index (χ4n) is 1.95. The summed E-state index contributed by atoms with van der Waals surface area (Å²) in [5.74, 6) is -0.673. The molecule has 0 aliphatic carbocycles. The van der Waals surface area contributed by atoms with Crippen LogP contribution in [0.15, 0.2) is 16.8 Å². The molecule has 0 aromatic carbocycles. The van der Waals surface area contributed by atoms with E-state index in [1.165, 1.54) is 13.3 Å². The summed E-state index contributed by atoms with van der Waals surface area (Å²) >= 11 is 0. The molecule has 2 aromatic heterocycles. The molecule has 1 N–H and O–H groups in total. The lowest BCUT2D eigenvalue weighted by Gasteiger charge is -2.12. The van der Waals surface area contributed by atoms with Crippen molar-refractivity contribution in [1.82, 2.24) is 15.5 Å². The molecule has 112 valence electrons. The SMILES string of the molecule is CCc1noc2ncc(C(=O)NC(C)CC(=O)OC)cc12. The lowest BCUT2D eigenvalue weighted by atomic mass is 10.1. The topological polar surface area (TPSA) is 94.3 Å². The summed E-state index contributed by atoms with van der Waals surface area (Å²) in [6.45, 7) is 3.68. The number of esters is 1. The minimum Gasteiger partial charge on any atom is -0.469 e. The van der Waals surface area contributed by atoms with Crippen molar-refractivity contribution in [1.29, 1.82) is 0 Å². The molecule has 0 bridgehead atoms. The molecule has 0 aliphatic rings. The highest BCUT2D eigenvalue weighted by Gasteiger charge is 2.16. The Labute approximate surface area is 121 Å². The van der Waals surface area contributed by atoms with Crippen LogP contribution in [0.2, 0.25) is 0 Å². The van der Waals surface area contributed by atoms with E-state index in [0.29, 0.717) is 17.7 Å². The van der Waals surface area contributed by atoms with E-state index in [-0.39, 0.29) is 24.3 Å². The Kier molecular flexibility index (Phi) is 4.52. The van der Waals surface area contributed by atoms with Crippen LogP contribution in [0.1, 0.15) is 36.3 Å². The average molecular weight is 291 g/mol. The molecule has 0 aliphatic heterocycles. The molecule has 1 unspecified atom stereocenters. The number of carbonyl (C=O) groups excluding carboxylic acids is 2. The zero-order valence-corrected chi connectivity index (χ0v) is 12.2. The third-order valence-corrected chi connectivity index (χ3v) is 3.08. The van der Waals surface area contributed by atoms with Crippen molar-refractivity contribution in [2.24, 2.45) is 0 Å². The number of ether oxygens (including phenoxy) is 1. The van der Waals surface area contributed by atoms with Gasteiger partial charge in [-0.3, -0.25) is 9.59 Å². The summed E-state index contributed by atoms with van der Waals surface area (Å²) in [6, 6.07) is 1.37. The zero-order valence-electron chi connectivity index (χ0n) is 12.2. The second-order valence-corrected chi connectivity index (χ2v) is 4.71. The normalized spacial score (nSPS) is 12.1. The van der Waals surface area contributed by atoms with E-state index in [0.717, 1.165) is 11.1 Å². The van der Waals surface area contributed by atoms with Gasteiger partial charge in [0, 0.05) is 12.2 Å². The summed E-state index contributed by atoms with van der Waals surface area (Å²) in [5.41, 5.74) is 1.57. The molecule has 0 saturated heterocycles. The van der Waals surface area contributed by atoms with Gasteiger partial charge in [0.15, 0.2) is 0 Å². The molecular weight excluding hydrogens is 274 g/mol. The number of pyridine rings is 1. The number of fused-ring (bicyclic) bond motifs is 1. The van der Waals surface area contributed by atoms with Crippen molar-refractivity contribution in [2.45, 2.75) is 32.7 Å². The highest BCUT2D eigenvalue weighted by molar-refractivity contribution is 5.97. The first kappa shape index (κ1) is 15.0. The van der Waals surface area contributed by atoms with Crippen molar-refractivity contribution in [3.63, 3.8) is 0 Å². The first-order valence-electron chi connectivity index (χ1n) is 6.67. The van der Waals surface area contributed by atoms with Crippen LogP contribution in [0.4, 0.5) is 0 Å². The summed E-state index contributed by atoms with van der Waals surface area (Å²) in [6.07, 6.45) is 2.23. The van der Waals surface area contributed by atoms with E-state index in [9.17, 15) is 9.59 Å². The fraction of sp³-hybridized carbons (Fsp3) is 0.429. The minimum absolute atomic E-state index is 0.116. The van der Waals surface area contributed by atoms with Crippen molar-refractivity contribution in [2.75, 3.05) is 7.11 Å². The van der Waals surface area contributed by atoms with Crippen molar-refractivity contribution in [3.05, 3.63) is 23.5 Å². The molecule has 0 saturated carbocycles. The summed E-state index contributed by atoms with van der Waals surface area (Å²) in [4.78, 5) is 27.4. The number of aromatic nitrogens is 2. The van der Waals surface area contributed by atoms with Gasteiger partial charge in [0.25, 0.3) is 11.6 Å². The van der Waals surface area contributed by atoms with E-state index in [2.05, 4.69) is 20.2 Å². The molecule has 1 atom stereocenters. The van der Waals surface area contributed by atoms with Crippen LogP contribution in [0.25, 0.3) is 11.1 Å². The lowest BCUT2D eigenvalue weighted by Crippen LogP contribution is -2.34. The van der Waals surface area contributed by atoms with Crippen molar-refractivity contribution in [3.8, 4) is 0 Å². The molecular formula is C14H17N3O4. The Morgan fingerprint density at radius 3 is 2.90 bits per heavy atom. The molecule has 0 radical (unpaired) electrons. The number of rotatable bonds is 5. The smallest absolute Gasteiger partial charge is 0.307 e. The molecule has 0 spiro atoms. The number of hydrogen-bond donors (Lipinski definition) is 1. The first-order valence-corrected chi connectivity index (χ1v) is 6.67. The summed E-state index contributed by atoms with van der Waals surface area (Å²) < 4.78 is 9.63. The van der Waals surface area contributed by atoms with Gasteiger partial charge >= 0.3 is 5.97 Å². The molecule has 2 heterocycles. The van der Waals surface area contributed by atoms with Gasteiger partial charge in [0.2, 0.25) is 0 Å². The number of nitrogens with zero attached hydrogens (tertiary/aromatic N) is 2. The minimum atomic E-state index is -0.372. The van der Waals surface area contributed by atoms with E-state index in [4.69, 9.17) is 4.52 Å². The standard InChI is InChI=1S/C14H17N3O4/c1-4-11-10-6-9(7-15-14(10)21-17-11)13(19)16-8(2)5-12(18)20-3/h6-8H,4-5H2,1-3H3,(H,16,19). The monoisotopic (exact) mass is 291 g/mol. The van der Waals surface area contributed by atoms with E-state index in [1.54, 1.807) is 13.0 Å². The van der Waals surface area contributed by atoms with Crippen LogP contribution in [0.3, 0.4) is 0 Å². The van der Waals surface area contributed by atoms with E-state index >= 15 is 0 Å². The maximum Gasteiger partial charge on any atom is 0.307 e. The van der Waals surface area contributed by atoms with E-state index < -0.39 is 0 Å². The number of amides is 1. The summed E-state index contributed by atoms with van der Waals surface area (Å²) in [7, 11) is 1.31. The predicted molar refractivity (Wildman–Crippen MR) is 74.7 cm³/mol. The highest BCUT2D eigenvalue weighted by atomic mass is 16.5. The average Bonchev–Trinajstić information content (AvgIpc) is 2.88. The van der Waals surface area contributed by atoms with Crippen molar-refractivity contribution >= 4 is 23.0 Å². The lowest BCUT2D eigenvalue weighted by molar-refractivity contribution is -0.141. The number of carbonyl (C=O) groups is 2. The highest BCUT2D eigenvalue weighted by Crippen LogP contribution is 2.18. The second kappa shape index (κ2) is 6.34. The van der Waals surface area contributed by atoms with Crippen LogP contribution in [-0.4, -0.2) is 35.2 Å². The van der Waals surface area contributed by atoms with Gasteiger partial charge in [-0.25, -0.2) is 4.98 Å². The Morgan fingerprint density at radius 1 is 1.48 bits per heavy atom. The Hall–Kier alpha value is -2.44. The van der Waals surface area contributed by atoms with Gasteiger partial charge in [-0.05, 0) is 19.4 Å². The van der Waals surface area contributed by atoms with Gasteiger partial charge in [0.1, 0.15) is 0 Å². The van der Waals surface area contributed by atoms with Crippen molar-refractivity contribution < 1.29 is 18.8 Å². The third-order valence-electron chi connectivity index (χ3n) is 3.08. The first-order chi connectivity index (χ1) is 10.0. The zero-order chi connectivity index (χ0) is 15.4. The predicted octanol–water partition coefficient (Wildman–Crippen LogP) is 1.47. The third kappa shape index (κ3) is 3.36. The van der Waals surface area contributed by atoms with Gasteiger partial charge in [-0.15, -0.1) is 0 Å². The molecule has 2 aromatic rings. The Bertz CT molecular complexity index is 665. The molecule has 7 heteroatoms. The molecule has 1 amide bonds. The summed E-state index contributed by atoms with van der Waals surface area (Å²) in [5, 5.41) is 7.35. The molecule has 21 heavy (non-hydrogen) atoms. The molecule has 2 rings (SSSR count). The van der Waals surface area contributed by atoms with Crippen LogP contribution in [0, 0.1) is 0 Å². The number of hydrogen-bond acceptors (Lipinski definition) is 6. The molecule has 0 fully saturated rings. The van der Waals surface area contributed by atoms with Crippen LogP contribution in [-0.2, 0) is 16.0 Å². The number of nitrogens with one attached hydrogen (secondary N) is 1. The van der Waals surface area contributed by atoms with Gasteiger partial charge < -0.3 is 14.6 Å². The quantitative estimate of drug-likeness (QED) is 0.838. The largest absolute Gasteiger partial charge is 0.469 e. The maximum atomic E-state index is 12.1. The second-order valence-electron chi connectivity index (χ2n) is 4.71. The van der Waals surface area contributed by atoms with Gasteiger partial charge in [0.05, 0.1) is 30.2 Å².